The van der Waals surface area contributed by atoms with Gasteiger partial charge in [-0.05, 0) is 118 Å². The second kappa shape index (κ2) is 7.45. The summed E-state index contributed by atoms with van der Waals surface area (Å²) in [5.74, 6) is 4.32. The summed E-state index contributed by atoms with van der Waals surface area (Å²) in [5.41, 5.74) is 1.17. The Bertz CT molecular complexity index is 748. The van der Waals surface area contributed by atoms with Crippen molar-refractivity contribution >= 4 is 17.3 Å². The first-order valence-corrected chi connectivity index (χ1v) is 12.5. The maximum atomic E-state index is 10.6. The summed E-state index contributed by atoms with van der Waals surface area (Å²) in [6.45, 7) is 4.66. The third-order valence-electron chi connectivity index (χ3n) is 9.64. The predicted octanol–water partition coefficient (Wildman–Crippen LogP) is 6.91. The summed E-state index contributed by atoms with van der Waals surface area (Å²) in [6.07, 6.45) is 12.9. The van der Waals surface area contributed by atoms with Crippen molar-refractivity contribution in [3.63, 3.8) is 0 Å². The zero-order chi connectivity index (χ0) is 20.2. The number of nitrogens with one attached hydrogen (secondary N) is 1. The molecule has 160 valence electrons. The molecule has 0 aromatic heterocycles. The van der Waals surface area contributed by atoms with Crippen LogP contribution in [-0.2, 0) is 0 Å². The maximum Gasteiger partial charge on any atom is 0.0622 e. The van der Waals surface area contributed by atoms with E-state index in [2.05, 4.69) is 37.4 Å². The van der Waals surface area contributed by atoms with Gasteiger partial charge in [0.1, 0.15) is 0 Å². The van der Waals surface area contributed by atoms with Gasteiger partial charge in [-0.25, -0.2) is 0 Å². The normalized spacial score (nSPS) is 46.9. The van der Waals surface area contributed by atoms with E-state index in [0.29, 0.717) is 11.5 Å². The molecular weight excluding hydrogens is 378 g/mol. The molecule has 4 saturated carbocycles. The number of fused-ring (bicyclic) bond motifs is 5. The van der Waals surface area contributed by atoms with Gasteiger partial charge in [0.2, 0.25) is 0 Å². The fourth-order valence-electron chi connectivity index (χ4n) is 8.29. The molecule has 5 rings (SSSR count). The average Bonchev–Trinajstić information content (AvgIpc) is 2.67. The summed E-state index contributed by atoms with van der Waals surface area (Å²) >= 11 is 6.25. The molecule has 29 heavy (non-hydrogen) atoms. The fraction of sp³-hybridized carbons (Fsp3) is 0.769. The highest BCUT2D eigenvalue weighted by Crippen LogP contribution is 2.62. The molecule has 1 aromatic rings. The highest BCUT2D eigenvalue weighted by molar-refractivity contribution is 6.30. The first-order valence-electron chi connectivity index (χ1n) is 12.1. The number of halogens is 1. The number of benzene rings is 1. The van der Waals surface area contributed by atoms with Crippen LogP contribution in [0, 0.1) is 35.0 Å². The third-order valence-corrected chi connectivity index (χ3v) is 9.88. The smallest absolute Gasteiger partial charge is 0.0622 e. The van der Waals surface area contributed by atoms with Gasteiger partial charge in [-0.15, -0.1) is 0 Å². The number of anilines is 1. The van der Waals surface area contributed by atoms with E-state index in [9.17, 15) is 5.11 Å². The standard InChI is InChI=1S/C26H38ClNO/c1-25(29)13-11-20-17(16-25)9-10-22-21(20)12-14-26(2)23(22)7-4-8-24(26)28-19-6-3-5-18(27)15-19/h3,5-6,15,17,20-24,28-29H,4,7-14,16H2,1-2H3/t17-,20+,21-,22-,23+,24+,25-,26+/m1/s1. The average molecular weight is 416 g/mol. The highest BCUT2D eigenvalue weighted by atomic mass is 35.5. The monoisotopic (exact) mass is 415 g/mol. The van der Waals surface area contributed by atoms with Crippen molar-refractivity contribution in [3.8, 4) is 0 Å². The molecule has 0 radical (unpaired) electrons. The molecular formula is C26H38ClNO. The van der Waals surface area contributed by atoms with Gasteiger partial charge in [0.05, 0.1) is 5.60 Å². The van der Waals surface area contributed by atoms with Crippen LogP contribution in [0.4, 0.5) is 5.69 Å². The lowest BCUT2D eigenvalue weighted by Crippen LogP contribution is -2.56. The molecule has 3 heteroatoms. The van der Waals surface area contributed by atoms with E-state index in [0.717, 1.165) is 47.5 Å². The molecule has 0 saturated heterocycles. The predicted molar refractivity (Wildman–Crippen MR) is 121 cm³/mol. The van der Waals surface area contributed by atoms with Gasteiger partial charge in [0, 0.05) is 16.8 Å². The molecule has 0 aliphatic heterocycles. The van der Waals surface area contributed by atoms with Crippen LogP contribution in [0.15, 0.2) is 24.3 Å². The van der Waals surface area contributed by atoms with Gasteiger partial charge >= 0.3 is 0 Å². The van der Waals surface area contributed by atoms with Gasteiger partial charge in [0.25, 0.3) is 0 Å². The van der Waals surface area contributed by atoms with Crippen molar-refractivity contribution in [1.82, 2.24) is 0 Å². The Morgan fingerprint density at radius 1 is 0.966 bits per heavy atom. The van der Waals surface area contributed by atoms with E-state index in [1.54, 1.807) is 0 Å². The summed E-state index contributed by atoms with van der Waals surface area (Å²) in [6, 6.07) is 8.83. The lowest BCUT2D eigenvalue weighted by Gasteiger charge is -2.61. The van der Waals surface area contributed by atoms with Gasteiger partial charge in [0.15, 0.2) is 0 Å². The summed E-state index contributed by atoms with van der Waals surface area (Å²) < 4.78 is 0. The quantitative estimate of drug-likeness (QED) is 0.549. The molecule has 0 heterocycles. The Kier molecular flexibility index (Phi) is 5.18. The fourth-order valence-corrected chi connectivity index (χ4v) is 8.48. The number of aliphatic hydroxyl groups is 1. The topological polar surface area (TPSA) is 32.3 Å². The molecule has 8 atom stereocenters. The van der Waals surface area contributed by atoms with Crippen LogP contribution in [0.5, 0.6) is 0 Å². The first-order chi connectivity index (χ1) is 13.9. The summed E-state index contributed by atoms with van der Waals surface area (Å²) in [5, 5.41) is 15.3. The Morgan fingerprint density at radius 3 is 2.62 bits per heavy atom. The van der Waals surface area contributed by atoms with Crippen molar-refractivity contribution in [3.05, 3.63) is 29.3 Å². The van der Waals surface area contributed by atoms with E-state index in [1.807, 2.05) is 6.07 Å². The van der Waals surface area contributed by atoms with E-state index in [1.165, 1.54) is 57.1 Å². The number of hydrogen-bond acceptors (Lipinski definition) is 2. The molecule has 0 amide bonds. The van der Waals surface area contributed by atoms with E-state index in [-0.39, 0.29) is 0 Å². The Hall–Kier alpha value is -0.730. The molecule has 2 nitrogen and oxygen atoms in total. The minimum Gasteiger partial charge on any atom is -0.390 e. The minimum absolute atomic E-state index is 0.398. The summed E-state index contributed by atoms with van der Waals surface area (Å²) in [4.78, 5) is 0. The Labute approximate surface area is 181 Å². The molecule has 4 fully saturated rings. The van der Waals surface area contributed by atoms with Crippen LogP contribution in [0.1, 0.15) is 78.1 Å². The van der Waals surface area contributed by atoms with Crippen molar-refractivity contribution in [2.24, 2.45) is 35.0 Å². The summed E-state index contributed by atoms with van der Waals surface area (Å²) in [7, 11) is 0. The molecule has 4 aliphatic rings. The molecule has 2 N–H and O–H groups in total. The van der Waals surface area contributed by atoms with Crippen molar-refractivity contribution in [2.75, 3.05) is 5.32 Å². The van der Waals surface area contributed by atoms with Crippen molar-refractivity contribution < 1.29 is 5.11 Å². The zero-order valence-electron chi connectivity index (χ0n) is 18.2. The first kappa shape index (κ1) is 20.2. The van der Waals surface area contributed by atoms with Crippen molar-refractivity contribution in [2.45, 2.75) is 89.7 Å². The lowest BCUT2D eigenvalue weighted by atomic mass is 9.46. The second-order valence-electron chi connectivity index (χ2n) is 11.4. The zero-order valence-corrected chi connectivity index (χ0v) is 18.9. The Morgan fingerprint density at radius 2 is 1.79 bits per heavy atom. The van der Waals surface area contributed by atoms with Crippen LogP contribution < -0.4 is 5.32 Å². The van der Waals surface area contributed by atoms with E-state index < -0.39 is 5.60 Å². The molecule has 0 spiro atoms. The van der Waals surface area contributed by atoms with Crippen LogP contribution in [-0.4, -0.2) is 16.7 Å². The molecule has 1 aromatic carbocycles. The highest BCUT2D eigenvalue weighted by Gasteiger charge is 2.56. The second-order valence-corrected chi connectivity index (χ2v) is 11.8. The van der Waals surface area contributed by atoms with Crippen LogP contribution in [0.2, 0.25) is 5.02 Å². The van der Waals surface area contributed by atoms with Gasteiger partial charge in [-0.2, -0.15) is 0 Å². The van der Waals surface area contributed by atoms with Crippen LogP contribution in [0.25, 0.3) is 0 Å². The molecule has 0 unspecified atom stereocenters. The Balaban J connectivity index is 1.35. The van der Waals surface area contributed by atoms with Gasteiger partial charge < -0.3 is 10.4 Å². The van der Waals surface area contributed by atoms with Gasteiger partial charge in [-0.1, -0.05) is 31.0 Å². The van der Waals surface area contributed by atoms with Crippen LogP contribution >= 0.6 is 11.6 Å². The third kappa shape index (κ3) is 3.63. The molecule has 4 aliphatic carbocycles. The van der Waals surface area contributed by atoms with Crippen LogP contribution in [0.3, 0.4) is 0 Å². The SMILES string of the molecule is C[C@@]1(O)CC[C@H]2[C@H](CC[C@@H]3[C@@H]2CC[C@]2(C)[C@@H](Nc4cccc(Cl)c4)CCC[C@@H]32)C1. The number of rotatable bonds is 2. The van der Waals surface area contributed by atoms with Crippen molar-refractivity contribution in [1.29, 1.82) is 0 Å². The van der Waals surface area contributed by atoms with E-state index >= 15 is 0 Å². The minimum atomic E-state index is -0.409. The molecule has 0 bridgehead atoms. The van der Waals surface area contributed by atoms with Gasteiger partial charge in [-0.3, -0.25) is 0 Å². The van der Waals surface area contributed by atoms with E-state index in [4.69, 9.17) is 11.6 Å². The lowest BCUT2D eigenvalue weighted by molar-refractivity contribution is -0.113. The maximum absolute atomic E-state index is 10.6. The number of hydrogen-bond donors (Lipinski definition) is 2. The largest absolute Gasteiger partial charge is 0.390 e.